The quantitative estimate of drug-likeness (QED) is 0.649. The second-order valence-electron chi connectivity index (χ2n) is 5.35. The molecule has 0 N–H and O–H groups in total. The van der Waals surface area contributed by atoms with Gasteiger partial charge >= 0.3 is 0 Å². The zero-order chi connectivity index (χ0) is 14.7. The molecule has 0 fully saturated rings. The van der Waals surface area contributed by atoms with Crippen molar-refractivity contribution in [3.05, 3.63) is 83.4 Å². The Bertz CT molecular complexity index is 733. The van der Waals surface area contributed by atoms with E-state index in [0.717, 1.165) is 17.8 Å². The maximum absolute atomic E-state index is 4.76. The van der Waals surface area contributed by atoms with Crippen LogP contribution < -0.4 is 0 Å². The van der Waals surface area contributed by atoms with E-state index in [2.05, 4.69) is 50.3 Å². The van der Waals surface area contributed by atoms with Crippen LogP contribution in [-0.4, -0.2) is 5.71 Å². The highest BCUT2D eigenvalue weighted by Crippen LogP contribution is 2.31. The maximum atomic E-state index is 4.76. The van der Waals surface area contributed by atoms with Gasteiger partial charge in [-0.2, -0.15) is 0 Å². The van der Waals surface area contributed by atoms with Crippen LogP contribution in [0.2, 0.25) is 0 Å². The van der Waals surface area contributed by atoms with E-state index in [1.165, 1.54) is 22.3 Å². The molecular formula is C20H19N. The van der Waals surface area contributed by atoms with Crippen LogP contribution in [0, 0.1) is 0 Å². The normalized spacial score (nSPS) is 14.9. The smallest absolute Gasteiger partial charge is 0.0633 e. The Morgan fingerprint density at radius 3 is 2.38 bits per heavy atom. The Kier molecular flexibility index (Phi) is 3.83. The predicted molar refractivity (Wildman–Crippen MR) is 91.1 cm³/mol. The monoisotopic (exact) mass is 273 g/mol. The lowest BCUT2D eigenvalue weighted by atomic mass is 9.94. The van der Waals surface area contributed by atoms with Gasteiger partial charge in [-0.1, -0.05) is 54.6 Å². The number of aliphatic imine (C=N–C) groups is 1. The van der Waals surface area contributed by atoms with Crippen LogP contribution in [0.4, 0.5) is 5.69 Å². The highest BCUT2D eigenvalue weighted by Gasteiger charge is 2.13. The maximum Gasteiger partial charge on any atom is 0.0633 e. The fraction of sp³-hybridized carbons (Fsp3) is 0.150. The molecule has 0 heterocycles. The van der Waals surface area contributed by atoms with Crippen LogP contribution in [0.5, 0.6) is 0 Å². The molecule has 1 aliphatic rings. The SMILES string of the molecule is CC1=C(c2ccccc2/C(C)=N/c2ccccc2)CC=C1. The van der Waals surface area contributed by atoms with Crippen molar-refractivity contribution >= 4 is 17.0 Å². The third kappa shape index (κ3) is 2.87. The van der Waals surface area contributed by atoms with Crippen LogP contribution in [0.1, 0.15) is 31.4 Å². The van der Waals surface area contributed by atoms with Gasteiger partial charge in [-0.15, -0.1) is 0 Å². The Balaban J connectivity index is 2.04. The minimum Gasteiger partial charge on any atom is -0.253 e. The van der Waals surface area contributed by atoms with Crippen molar-refractivity contribution in [2.75, 3.05) is 0 Å². The van der Waals surface area contributed by atoms with Crippen molar-refractivity contribution in [3.63, 3.8) is 0 Å². The molecule has 0 saturated carbocycles. The molecule has 3 rings (SSSR count). The van der Waals surface area contributed by atoms with Gasteiger partial charge in [0.15, 0.2) is 0 Å². The van der Waals surface area contributed by atoms with Crippen molar-refractivity contribution in [1.29, 1.82) is 0 Å². The molecule has 0 aromatic heterocycles. The van der Waals surface area contributed by atoms with Crippen LogP contribution >= 0.6 is 0 Å². The zero-order valence-electron chi connectivity index (χ0n) is 12.5. The molecule has 0 saturated heterocycles. The van der Waals surface area contributed by atoms with E-state index < -0.39 is 0 Å². The summed E-state index contributed by atoms with van der Waals surface area (Å²) >= 11 is 0. The predicted octanol–water partition coefficient (Wildman–Crippen LogP) is 5.56. The first-order valence-electron chi connectivity index (χ1n) is 7.32. The standard InChI is InChI=1S/C20H19N/c1-15-9-8-14-18(15)20-13-7-6-12-19(20)16(2)21-17-10-4-3-5-11-17/h3-13H,14H2,1-2H3/b21-16+. The summed E-state index contributed by atoms with van der Waals surface area (Å²) in [6, 6.07) is 18.7. The lowest BCUT2D eigenvalue weighted by molar-refractivity contribution is 1.38. The molecule has 2 aromatic carbocycles. The molecule has 0 spiro atoms. The third-order valence-corrected chi connectivity index (χ3v) is 3.86. The summed E-state index contributed by atoms with van der Waals surface area (Å²) in [4.78, 5) is 4.76. The van der Waals surface area contributed by atoms with Gasteiger partial charge in [0.25, 0.3) is 0 Å². The lowest BCUT2D eigenvalue weighted by Crippen LogP contribution is -2.00. The minimum absolute atomic E-state index is 1.00. The van der Waals surface area contributed by atoms with Crippen molar-refractivity contribution in [3.8, 4) is 0 Å². The average molecular weight is 273 g/mol. The fourth-order valence-corrected chi connectivity index (χ4v) is 2.76. The first kappa shape index (κ1) is 13.6. The number of nitrogens with zero attached hydrogens (tertiary/aromatic N) is 1. The van der Waals surface area contributed by atoms with Crippen molar-refractivity contribution in [2.24, 2.45) is 4.99 Å². The summed E-state index contributed by atoms with van der Waals surface area (Å²) in [5.74, 6) is 0. The molecule has 0 bridgehead atoms. The van der Waals surface area contributed by atoms with E-state index in [1.54, 1.807) is 0 Å². The molecule has 1 nitrogen and oxygen atoms in total. The van der Waals surface area contributed by atoms with Crippen molar-refractivity contribution in [2.45, 2.75) is 20.3 Å². The second-order valence-corrected chi connectivity index (χ2v) is 5.35. The molecule has 1 heteroatoms. The Morgan fingerprint density at radius 2 is 1.67 bits per heavy atom. The van der Waals surface area contributed by atoms with E-state index >= 15 is 0 Å². The zero-order valence-corrected chi connectivity index (χ0v) is 12.5. The average Bonchev–Trinajstić information content (AvgIpc) is 2.94. The van der Waals surface area contributed by atoms with E-state index in [-0.39, 0.29) is 0 Å². The number of benzene rings is 2. The molecule has 1 aliphatic carbocycles. The Hall–Kier alpha value is -2.41. The largest absolute Gasteiger partial charge is 0.253 e. The Labute approximate surface area is 126 Å². The van der Waals surface area contributed by atoms with Gasteiger partial charge in [-0.25, -0.2) is 0 Å². The Morgan fingerprint density at radius 1 is 0.952 bits per heavy atom. The summed E-state index contributed by atoms with van der Waals surface area (Å²) in [6.07, 6.45) is 5.45. The summed E-state index contributed by atoms with van der Waals surface area (Å²) in [6.45, 7) is 4.27. The molecule has 104 valence electrons. The van der Waals surface area contributed by atoms with Gasteiger partial charge in [-0.05, 0) is 49.1 Å². The van der Waals surface area contributed by atoms with Crippen LogP contribution in [0.25, 0.3) is 5.57 Å². The van der Waals surface area contributed by atoms with E-state index in [9.17, 15) is 0 Å². The van der Waals surface area contributed by atoms with Gasteiger partial charge < -0.3 is 0 Å². The van der Waals surface area contributed by atoms with Crippen LogP contribution in [-0.2, 0) is 0 Å². The van der Waals surface area contributed by atoms with Gasteiger partial charge in [0.05, 0.1) is 5.69 Å². The summed E-state index contributed by atoms with van der Waals surface area (Å²) in [7, 11) is 0. The van der Waals surface area contributed by atoms with Gasteiger partial charge in [0.2, 0.25) is 0 Å². The molecule has 0 radical (unpaired) electrons. The molecule has 21 heavy (non-hydrogen) atoms. The van der Waals surface area contributed by atoms with E-state index in [1.807, 2.05) is 30.3 Å². The van der Waals surface area contributed by atoms with E-state index in [0.29, 0.717) is 0 Å². The summed E-state index contributed by atoms with van der Waals surface area (Å²) in [5, 5.41) is 0. The number of hydrogen-bond acceptors (Lipinski definition) is 1. The number of hydrogen-bond donors (Lipinski definition) is 0. The second kappa shape index (κ2) is 5.92. The first-order chi connectivity index (χ1) is 10.3. The van der Waals surface area contributed by atoms with Gasteiger partial charge in [-0.3, -0.25) is 4.99 Å². The van der Waals surface area contributed by atoms with Crippen molar-refractivity contribution < 1.29 is 0 Å². The summed E-state index contributed by atoms with van der Waals surface area (Å²) < 4.78 is 0. The minimum atomic E-state index is 1.00. The highest BCUT2D eigenvalue weighted by atomic mass is 14.7. The molecule has 0 amide bonds. The molecule has 2 aromatic rings. The highest BCUT2D eigenvalue weighted by molar-refractivity contribution is 6.04. The fourth-order valence-electron chi connectivity index (χ4n) is 2.76. The number of rotatable bonds is 3. The topological polar surface area (TPSA) is 12.4 Å². The molecule has 0 atom stereocenters. The lowest BCUT2D eigenvalue weighted by Gasteiger charge is -2.12. The number of allylic oxidation sites excluding steroid dienone is 4. The van der Waals surface area contributed by atoms with E-state index in [4.69, 9.17) is 4.99 Å². The van der Waals surface area contributed by atoms with Crippen molar-refractivity contribution in [1.82, 2.24) is 0 Å². The molecular weight excluding hydrogens is 254 g/mol. The van der Waals surface area contributed by atoms with Crippen LogP contribution in [0.15, 0.2) is 77.3 Å². The van der Waals surface area contributed by atoms with Crippen LogP contribution in [0.3, 0.4) is 0 Å². The molecule has 0 unspecified atom stereocenters. The number of para-hydroxylation sites is 1. The first-order valence-corrected chi connectivity index (χ1v) is 7.32. The van der Waals surface area contributed by atoms with Gasteiger partial charge in [0.1, 0.15) is 0 Å². The summed E-state index contributed by atoms with van der Waals surface area (Å²) in [5.41, 5.74) is 7.35. The molecule has 0 aliphatic heterocycles. The third-order valence-electron chi connectivity index (χ3n) is 3.86. The van der Waals surface area contributed by atoms with Gasteiger partial charge in [0, 0.05) is 11.3 Å².